The summed E-state index contributed by atoms with van der Waals surface area (Å²) < 4.78 is 19.8. The van der Waals surface area contributed by atoms with Crippen LogP contribution in [0.3, 0.4) is 0 Å². The summed E-state index contributed by atoms with van der Waals surface area (Å²) in [4.78, 5) is 27.4. The number of phenolic OH excluding ortho intramolecular Hbond substituents is 1. The standard InChI is InChI=1S/C33H45N7O5/c1-21-28(36-31(42)45-32(2,3)4)33(20-44-21)12-15-38(16-13-33)25-19-34-27-29(35-25)40(26-9-5-6-17-43-26)37-30(27)39-14-7-8-22-18-23(41)10-11-24(22)39/h10-11,18-19,21,26,28,41H,5-9,12-17,20H2,1-4H3,(H,36,42)/t21-,26?,28+/m0/s1. The van der Waals surface area contributed by atoms with E-state index in [-0.39, 0.29) is 29.5 Å². The third-order valence-electron chi connectivity index (χ3n) is 9.76. The SMILES string of the molecule is C[C@@H]1OCC2(CCN(c3cnc4c(N5CCCc6cc(O)ccc65)nn(C5CCCCO5)c4n3)CC2)[C@@H]1NC(=O)OC(C)(C)C. The second-order valence-electron chi connectivity index (χ2n) is 14.0. The lowest BCUT2D eigenvalue weighted by Gasteiger charge is -2.42. The van der Waals surface area contributed by atoms with E-state index in [2.05, 4.69) is 15.1 Å². The number of rotatable bonds is 4. The first-order chi connectivity index (χ1) is 21.6. The number of nitrogens with zero attached hydrogens (tertiary/aromatic N) is 6. The molecule has 12 heteroatoms. The molecule has 4 aliphatic rings. The van der Waals surface area contributed by atoms with Crippen molar-refractivity contribution in [1.29, 1.82) is 0 Å². The van der Waals surface area contributed by atoms with Crippen LogP contribution < -0.4 is 15.1 Å². The summed E-state index contributed by atoms with van der Waals surface area (Å²) in [5.74, 6) is 1.86. The number of amides is 1. The van der Waals surface area contributed by atoms with Gasteiger partial charge >= 0.3 is 6.09 Å². The van der Waals surface area contributed by atoms with Crippen molar-refractivity contribution in [2.24, 2.45) is 5.41 Å². The second kappa shape index (κ2) is 11.6. The second-order valence-corrected chi connectivity index (χ2v) is 14.0. The summed E-state index contributed by atoms with van der Waals surface area (Å²) in [5.41, 5.74) is 2.91. The van der Waals surface area contributed by atoms with E-state index in [0.717, 1.165) is 98.6 Å². The van der Waals surface area contributed by atoms with Crippen LogP contribution in [0.1, 0.15) is 78.0 Å². The number of fused-ring (bicyclic) bond motifs is 2. The summed E-state index contributed by atoms with van der Waals surface area (Å²) in [6.45, 7) is 11.3. The Bertz CT molecular complexity index is 1550. The number of benzene rings is 1. The minimum absolute atomic E-state index is 0.0904. The highest BCUT2D eigenvalue weighted by Crippen LogP contribution is 2.44. The molecule has 7 rings (SSSR count). The molecule has 12 nitrogen and oxygen atoms in total. The quantitative estimate of drug-likeness (QED) is 0.402. The zero-order valence-corrected chi connectivity index (χ0v) is 26.8. The number of carbonyl (C=O) groups is 1. The van der Waals surface area contributed by atoms with Gasteiger partial charge in [0.15, 0.2) is 23.2 Å². The van der Waals surface area contributed by atoms with Gasteiger partial charge in [-0.15, -0.1) is 5.10 Å². The lowest BCUT2D eigenvalue weighted by molar-refractivity contribution is -0.0368. The average molecular weight is 620 g/mol. The van der Waals surface area contributed by atoms with Gasteiger partial charge in [0.1, 0.15) is 17.2 Å². The average Bonchev–Trinajstić information content (AvgIpc) is 3.54. The number of nitrogens with one attached hydrogen (secondary N) is 1. The largest absolute Gasteiger partial charge is 0.508 e. The third kappa shape index (κ3) is 5.78. The van der Waals surface area contributed by atoms with Crippen molar-refractivity contribution in [2.75, 3.05) is 42.6 Å². The molecule has 1 spiro atoms. The van der Waals surface area contributed by atoms with Gasteiger partial charge in [0.2, 0.25) is 0 Å². The van der Waals surface area contributed by atoms with Crippen molar-refractivity contribution >= 4 is 34.6 Å². The number of aromatic hydroxyl groups is 1. The predicted octanol–water partition coefficient (Wildman–Crippen LogP) is 5.21. The fourth-order valence-electron chi connectivity index (χ4n) is 7.46. The van der Waals surface area contributed by atoms with Crippen LogP contribution in [0.2, 0.25) is 0 Å². The lowest BCUT2D eigenvalue weighted by atomic mass is 9.73. The monoisotopic (exact) mass is 619 g/mol. The highest BCUT2D eigenvalue weighted by molar-refractivity contribution is 5.88. The van der Waals surface area contributed by atoms with E-state index < -0.39 is 11.7 Å². The van der Waals surface area contributed by atoms with Crippen molar-refractivity contribution < 1.29 is 24.1 Å². The van der Waals surface area contributed by atoms with Crippen LogP contribution in [0.4, 0.5) is 22.1 Å². The molecule has 0 saturated carbocycles. The molecule has 1 aromatic carbocycles. The predicted molar refractivity (Wildman–Crippen MR) is 170 cm³/mol. The summed E-state index contributed by atoms with van der Waals surface area (Å²) in [6.07, 6.45) is 7.76. The Hall–Kier alpha value is -3.64. The van der Waals surface area contributed by atoms with E-state index in [1.54, 1.807) is 6.07 Å². The number of hydrogen-bond donors (Lipinski definition) is 2. The number of piperidine rings is 1. The van der Waals surface area contributed by atoms with Crippen molar-refractivity contribution in [3.63, 3.8) is 0 Å². The number of anilines is 3. The van der Waals surface area contributed by atoms with Crippen LogP contribution in [0.15, 0.2) is 24.4 Å². The van der Waals surface area contributed by atoms with E-state index in [0.29, 0.717) is 13.2 Å². The first-order valence-electron chi connectivity index (χ1n) is 16.4. The van der Waals surface area contributed by atoms with Gasteiger partial charge in [-0.1, -0.05) is 0 Å². The molecule has 45 heavy (non-hydrogen) atoms. The number of hydrogen-bond acceptors (Lipinski definition) is 10. The summed E-state index contributed by atoms with van der Waals surface area (Å²) in [7, 11) is 0. The van der Waals surface area contributed by atoms with Crippen LogP contribution in [-0.4, -0.2) is 81.5 Å². The summed E-state index contributed by atoms with van der Waals surface area (Å²) in [6, 6.07) is 5.43. The maximum Gasteiger partial charge on any atom is 0.407 e. The van der Waals surface area contributed by atoms with Gasteiger partial charge in [-0.05, 0) is 96.4 Å². The molecule has 6 heterocycles. The van der Waals surface area contributed by atoms with Crippen molar-refractivity contribution in [2.45, 2.75) is 96.6 Å². The molecule has 3 aromatic rings. The molecule has 0 bridgehead atoms. The summed E-state index contributed by atoms with van der Waals surface area (Å²) >= 11 is 0. The number of carbonyl (C=O) groups excluding carboxylic acids is 1. The molecular weight excluding hydrogens is 574 g/mol. The van der Waals surface area contributed by atoms with Crippen molar-refractivity contribution in [3.05, 3.63) is 30.0 Å². The smallest absolute Gasteiger partial charge is 0.407 e. The number of ether oxygens (including phenoxy) is 3. The van der Waals surface area contributed by atoms with Crippen LogP contribution in [0, 0.1) is 5.41 Å². The summed E-state index contributed by atoms with van der Waals surface area (Å²) in [5, 5.41) is 18.4. The van der Waals surface area contributed by atoms with Crippen LogP contribution in [0.5, 0.6) is 5.75 Å². The molecule has 2 N–H and O–H groups in total. The molecule has 1 unspecified atom stereocenters. The molecule has 4 aliphatic heterocycles. The molecule has 242 valence electrons. The lowest BCUT2D eigenvalue weighted by Crippen LogP contribution is -2.55. The van der Waals surface area contributed by atoms with Crippen LogP contribution in [-0.2, 0) is 20.6 Å². The Morgan fingerprint density at radius 1 is 1.13 bits per heavy atom. The number of aryl methyl sites for hydroxylation is 1. The molecule has 2 aromatic heterocycles. The van der Waals surface area contributed by atoms with Gasteiger partial charge in [0.05, 0.1) is 24.9 Å². The fraction of sp³-hybridized carbons (Fsp3) is 0.636. The normalized spacial score (nSPS) is 25.0. The van der Waals surface area contributed by atoms with Gasteiger partial charge in [-0.2, -0.15) is 0 Å². The van der Waals surface area contributed by atoms with E-state index in [9.17, 15) is 9.90 Å². The maximum atomic E-state index is 12.7. The van der Waals surface area contributed by atoms with Gasteiger partial charge in [0.25, 0.3) is 0 Å². The van der Waals surface area contributed by atoms with E-state index in [4.69, 9.17) is 29.3 Å². The Morgan fingerprint density at radius 2 is 1.96 bits per heavy atom. The topological polar surface area (TPSA) is 127 Å². The molecule has 0 aliphatic carbocycles. The highest BCUT2D eigenvalue weighted by Gasteiger charge is 2.50. The van der Waals surface area contributed by atoms with E-state index >= 15 is 0 Å². The molecule has 3 saturated heterocycles. The van der Waals surface area contributed by atoms with Gasteiger partial charge in [0, 0.05) is 37.3 Å². The fourth-order valence-corrected chi connectivity index (χ4v) is 7.46. The van der Waals surface area contributed by atoms with Crippen LogP contribution in [0.25, 0.3) is 11.2 Å². The van der Waals surface area contributed by atoms with Gasteiger partial charge in [-0.3, -0.25) is 0 Å². The number of alkyl carbamates (subject to hydrolysis) is 1. The highest BCUT2D eigenvalue weighted by atomic mass is 16.6. The van der Waals surface area contributed by atoms with Gasteiger partial charge < -0.3 is 34.4 Å². The van der Waals surface area contributed by atoms with E-state index in [1.165, 1.54) is 0 Å². The minimum Gasteiger partial charge on any atom is -0.508 e. The zero-order chi connectivity index (χ0) is 31.3. The number of aromatic nitrogens is 4. The first kappa shape index (κ1) is 30.0. The number of phenols is 1. The van der Waals surface area contributed by atoms with E-state index in [1.807, 2.05) is 50.7 Å². The first-order valence-corrected chi connectivity index (χ1v) is 16.4. The van der Waals surface area contributed by atoms with Crippen molar-refractivity contribution in [1.82, 2.24) is 25.1 Å². The molecule has 3 atom stereocenters. The Morgan fingerprint density at radius 3 is 2.71 bits per heavy atom. The minimum atomic E-state index is -0.560. The van der Waals surface area contributed by atoms with Crippen LogP contribution >= 0.6 is 0 Å². The van der Waals surface area contributed by atoms with Gasteiger partial charge in [-0.25, -0.2) is 19.4 Å². The Balaban J connectivity index is 1.16. The molecule has 3 fully saturated rings. The third-order valence-corrected chi connectivity index (χ3v) is 9.76. The maximum absolute atomic E-state index is 12.7. The molecular formula is C33H45N7O5. The van der Waals surface area contributed by atoms with Crippen molar-refractivity contribution in [3.8, 4) is 5.75 Å². The zero-order valence-electron chi connectivity index (χ0n) is 26.8. The molecule has 1 amide bonds. The Labute approximate surface area is 264 Å². The molecule has 0 radical (unpaired) electrons. The Kier molecular flexibility index (Phi) is 7.76.